The second-order valence-electron chi connectivity index (χ2n) is 6.99. The molecule has 4 aromatic heterocycles. The second-order valence-corrected chi connectivity index (χ2v) is 7.35. The molecule has 0 aliphatic rings. The molecule has 31 heavy (non-hydrogen) atoms. The summed E-state index contributed by atoms with van der Waals surface area (Å²) in [7, 11) is 0. The minimum Gasteiger partial charge on any atom is -0.346 e. The van der Waals surface area contributed by atoms with Crippen molar-refractivity contribution in [2.75, 3.05) is 0 Å². The molecule has 0 aliphatic heterocycles. The number of pyridine rings is 3. The standard InChI is InChI=1S/C22H15ClF3N5/c1-27-17-9-18-15(11-29-21(18)30-12-17)8-14-4-6-16(31-20(14)23)5-2-13-3-7-19(28-10-13)22(24,25)26/h3-4,6-7,9-12H,2,5,8H2,(H,29,30). The maximum Gasteiger partial charge on any atom is 0.433 e. The topological polar surface area (TPSA) is 58.8 Å². The molecule has 5 nitrogen and oxygen atoms in total. The van der Waals surface area contributed by atoms with Gasteiger partial charge in [-0.3, -0.25) is 9.97 Å². The van der Waals surface area contributed by atoms with Gasteiger partial charge < -0.3 is 4.98 Å². The number of nitrogens with zero attached hydrogens (tertiary/aromatic N) is 4. The monoisotopic (exact) mass is 441 g/mol. The molecule has 0 saturated heterocycles. The molecule has 0 fully saturated rings. The van der Waals surface area contributed by atoms with Crippen molar-refractivity contribution < 1.29 is 13.2 Å². The van der Waals surface area contributed by atoms with Gasteiger partial charge in [0.2, 0.25) is 5.69 Å². The van der Waals surface area contributed by atoms with Crippen molar-refractivity contribution in [3.05, 3.63) is 93.6 Å². The van der Waals surface area contributed by atoms with Crippen molar-refractivity contribution in [1.29, 1.82) is 0 Å². The molecule has 4 rings (SSSR count). The van der Waals surface area contributed by atoms with Crippen molar-refractivity contribution in [2.24, 2.45) is 0 Å². The molecule has 0 radical (unpaired) electrons. The van der Waals surface area contributed by atoms with Crippen LogP contribution in [0, 0.1) is 6.57 Å². The van der Waals surface area contributed by atoms with Crippen LogP contribution in [-0.4, -0.2) is 19.9 Å². The van der Waals surface area contributed by atoms with Crippen molar-refractivity contribution in [3.63, 3.8) is 0 Å². The fourth-order valence-corrected chi connectivity index (χ4v) is 3.48. The molecule has 0 atom stereocenters. The zero-order valence-electron chi connectivity index (χ0n) is 16.0. The van der Waals surface area contributed by atoms with E-state index < -0.39 is 11.9 Å². The van der Waals surface area contributed by atoms with Crippen LogP contribution in [0.1, 0.15) is 28.1 Å². The summed E-state index contributed by atoms with van der Waals surface area (Å²) in [6, 6.07) is 7.94. The first-order chi connectivity index (χ1) is 14.8. The van der Waals surface area contributed by atoms with E-state index in [0.717, 1.165) is 28.3 Å². The summed E-state index contributed by atoms with van der Waals surface area (Å²) in [6.45, 7) is 7.15. The lowest BCUT2D eigenvalue weighted by Crippen LogP contribution is -2.08. The van der Waals surface area contributed by atoms with E-state index in [2.05, 4.69) is 24.8 Å². The van der Waals surface area contributed by atoms with Crippen LogP contribution in [0.3, 0.4) is 0 Å². The van der Waals surface area contributed by atoms with E-state index >= 15 is 0 Å². The Morgan fingerprint density at radius 1 is 1.03 bits per heavy atom. The fraction of sp³-hybridized carbons (Fsp3) is 0.182. The van der Waals surface area contributed by atoms with Gasteiger partial charge in [0.05, 0.1) is 6.57 Å². The summed E-state index contributed by atoms with van der Waals surface area (Å²) < 4.78 is 37.8. The van der Waals surface area contributed by atoms with E-state index in [1.54, 1.807) is 6.07 Å². The van der Waals surface area contributed by atoms with E-state index in [-0.39, 0.29) is 0 Å². The highest BCUT2D eigenvalue weighted by Crippen LogP contribution is 2.28. The molecule has 4 heterocycles. The van der Waals surface area contributed by atoms with Gasteiger partial charge in [-0.15, -0.1) is 0 Å². The van der Waals surface area contributed by atoms with Crippen LogP contribution in [0.4, 0.5) is 18.9 Å². The first-order valence-corrected chi connectivity index (χ1v) is 9.71. The Hall–Kier alpha value is -3.44. The summed E-state index contributed by atoms with van der Waals surface area (Å²) in [5.74, 6) is 0. The Morgan fingerprint density at radius 2 is 1.87 bits per heavy atom. The number of hydrogen-bond acceptors (Lipinski definition) is 3. The van der Waals surface area contributed by atoms with Gasteiger partial charge in [-0.05, 0) is 47.7 Å². The van der Waals surface area contributed by atoms with Crippen LogP contribution in [-0.2, 0) is 25.4 Å². The highest BCUT2D eigenvalue weighted by Gasteiger charge is 2.31. The SMILES string of the molecule is [C-]#[N+]c1cnc2[nH]cc(Cc3ccc(CCc4ccc(C(F)(F)F)nc4)nc3Cl)c2c1. The third-order valence-electron chi connectivity index (χ3n) is 4.88. The number of alkyl halides is 3. The van der Waals surface area contributed by atoms with E-state index in [1.807, 2.05) is 18.3 Å². The summed E-state index contributed by atoms with van der Waals surface area (Å²) in [5.41, 5.74) is 3.48. The zero-order chi connectivity index (χ0) is 22.0. The third-order valence-corrected chi connectivity index (χ3v) is 5.21. The molecule has 0 aliphatic carbocycles. The second kappa shape index (κ2) is 8.36. The average molecular weight is 442 g/mol. The van der Waals surface area contributed by atoms with Gasteiger partial charge in [0.15, 0.2) is 0 Å². The number of halogens is 4. The Labute approximate surface area is 180 Å². The van der Waals surface area contributed by atoms with E-state index in [0.29, 0.717) is 41.3 Å². The maximum absolute atomic E-state index is 12.6. The molecule has 156 valence electrons. The third kappa shape index (κ3) is 4.67. The first kappa shape index (κ1) is 20.8. The Kier molecular flexibility index (Phi) is 5.61. The zero-order valence-corrected chi connectivity index (χ0v) is 16.8. The summed E-state index contributed by atoms with van der Waals surface area (Å²) >= 11 is 6.39. The van der Waals surface area contributed by atoms with Crippen molar-refractivity contribution in [1.82, 2.24) is 19.9 Å². The van der Waals surface area contributed by atoms with Gasteiger partial charge in [-0.2, -0.15) is 13.2 Å². The van der Waals surface area contributed by atoms with Crippen molar-refractivity contribution in [2.45, 2.75) is 25.4 Å². The quantitative estimate of drug-likeness (QED) is 0.307. The average Bonchev–Trinajstić information content (AvgIpc) is 3.15. The lowest BCUT2D eigenvalue weighted by atomic mass is 10.0. The van der Waals surface area contributed by atoms with Crippen LogP contribution >= 0.6 is 11.6 Å². The minimum atomic E-state index is -4.44. The summed E-state index contributed by atoms with van der Waals surface area (Å²) in [6.07, 6.45) is 1.71. The molecule has 0 unspecified atom stereocenters. The smallest absolute Gasteiger partial charge is 0.346 e. The van der Waals surface area contributed by atoms with E-state index in [9.17, 15) is 13.2 Å². The van der Waals surface area contributed by atoms with Gasteiger partial charge in [-0.25, -0.2) is 9.83 Å². The van der Waals surface area contributed by atoms with Crippen molar-refractivity contribution >= 4 is 28.3 Å². The molecule has 4 aromatic rings. The number of aryl methyl sites for hydroxylation is 2. The molecule has 0 amide bonds. The van der Waals surface area contributed by atoms with Crippen LogP contribution in [0.25, 0.3) is 15.9 Å². The highest BCUT2D eigenvalue weighted by atomic mass is 35.5. The molecule has 0 aromatic carbocycles. The molecule has 1 N–H and O–H groups in total. The maximum atomic E-state index is 12.6. The number of rotatable bonds is 5. The van der Waals surface area contributed by atoms with Gasteiger partial charge in [0, 0.05) is 36.1 Å². The Bertz CT molecular complexity index is 1270. The predicted molar refractivity (Wildman–Crippen MR) is 111 cm³/mol. The minimum absolute atomic E-state index is 0.367. The van der Waals surface area contributed by atoms with Gasteiger partial charge in [-0.1, -0.05) is 23.7 Å². The van der Waals surface area contributed by atoms with Crippen LogP contribution in [0.15, 0.2) is 48.9 Å². The van der Waals surface area contributed by atoms with Gasteiger partial charge >= 0.3 is 6.18 Å². The van der Waals surface area contributed by atoms with Crippen LogP contribution in [0.5, 0.6) is 0 Å². The molecule has 0 saturated carbocycles. The predicted octanol–water partition coefficient (Wildman–Crippen LogP) is 5.95. The first-order valence-electron chi connectivity index (χ1n) is 9.33. The van der Waals surface area contributed by atoms with E-state index in [1.165, 1.54) is 18.5 Å². The number of nitrogens with one attached hydrogen (secondary N) is 1. The molecular weight excluding hydrogens is 427 g/mol. The lowest BCUT2D eigenvalue weighted by Gasteiger charge is -2.08. The largest absolute Gasteiger partial charge is 0.433 e. The van der Waals surface area contributed by atoms with Crippen molar-refractivity contribution in [3.8, 4) is 0 Å². The highest BCUT2D eigenvalue weighted by molar-refractivity contribution is 6.30. The van der Waals surface area contributed by atoms with Crippen LogP contribution < -0.4 is 0 Å². The number of aromatic amines is 1. The Morgan fingerprint density at radius 3 is 2.55 bits per heavy atom. The number of hydrogen-bond donors (Lipinski definition) is 1. The number of H-pyrrole nitrogens is 1. The Balaban J connectivity index is 1.46. The summed E-state index contributed by atoms with van der Waals surface area (Å²) in [5, 5.41) is 1.23. The number of fused-ring (bicyclic) bond motifs is 1. The number of aromatic nitrogens is 4. The fourth-order valence-electron chi connectivity index (χ4n) is 3.24. The summed E-state index contributed by atoms with van der Waals surface area (Å²) in [4.78, 5) is 18.6. The van der Waals surface area contributed by atoms with Gasteiger partial charge in [0.25, 0.3) is 0 Å². The lowest BCUT2D eigenvalue weighted by molar-refractivity contribution is -0.141. The van der Waals surface area contributed by atoms with E-state index in [4.69, 9.17) is 18.2 Å². The van der Waals surface area contributed by atoms with Gasteiger partial charge in [0.1, 0.15) is 16.5 Å². The normalized spacial score (nSPS) is 11.6. The molecule has 9 heteroatoms. The molecule has 0 bridgehead atoms. The molecule has 0 spiro atoms. The van der Waals surface area contributed by atoms with Crippen LogP contribution in [0.2, 0.25) is 5.15 Å². The molecular formula is C22H15ClF3N5.